The number of anilines is 1. The highest BCUT2D eigenvalue weighted by Gasteiger charge is 2.20. The Morgan fingerprint density at radius 1 is 0.882 bits per heavy atom. The number of hydrogen-bond donors (Lipinski definition) is 1. The minimum absolute atomic E-state index is 0.0274. The number of carbonyl (C=O) groups excluding carboxylic acids is 2. The molecule has 1 heterocycles. The monoisotopic (exact) mass is 468 g/mol. The van der Waals surface area contributed by atoms with Crippen LogP contribution in [0.5, 0.6) is 0 Å². The van der Waals surface area contributed by atoms with Crippen LogP contribution in [-0.2, 0) is 17.8 Å². The Hall–Kier alpha value is -3.70. The van der Waals surface area contributed by atoms with E-state index in [1.807, 2.05) is 91.2 Å². The van der Waals surface area contributed by atoms with E-state index in [1.54, 1.807) is 4.90 Å². The van der Waals surface area contributed by atoms with Gasteiger partial charge in [-0.25, -0.2) is 0 Å². The minimum atomic E-state index is -0.0546. The second-order valence-electron chi connectivity index (χ2n) is 8.34. The molecular formula is C29H28N2O2S. The molecule has 0 aliphatic rings. The summed E-state index contributed by atoms with van der Waals surface area (Å²) in [6, 6.07) is 29.4. The molecule has 1 aromatic heterocycles. The lowest BCUT2D eigenvalue weighted by atomic mass is 10.1. The number of nitrogens with zero attached hydrogens (tertiary/aromatic N) is 1. The van der Waals surface area contributed by atoms with Gasteiger partial charge in [0.25, 0.3) is 5.91 Å². The first-order chi connectivity index (χ1) is 16.5. The molecule has 4 nitrogen and oxygen atoms in total. The molecule has 5 heteroatoms. The Kier molecular flexibility index (Phi) is 7.55. The van der Waals surface area contributed by atoms with E-state index in [9.17, 15) is 9.59 Å². The topological polar surface area (TPSA) is 49.4 Å². The van der Waals surface area contributed by atoms with Gasteiger partial charge >= 0.3 is 0 Å². The SMILES string of the molecule is Cc1ccccc1CN(C(=O)c1cccs1)c1ccc(CC(=O)N[C@H](C)c2ccccc2)cc1. The summed E-state index contributed by atoms with van der Waals surface area (Å²) >= 11 is 1.44. The lowest BCUT2D eigenvalue weighted by molar-refractivity contribution is -0.121. The van der Waals surface area contributed by atoms with Crippen molar-refractivity contribution < 1.29 is 9.59 Å². The molecule has 0 radical (unpaired) electrons. The zero-order chi connectivity index (χ0) is 23.9. The molecule has 34 heavy (non-hydrogen) atoms. The first kappa shape index (κ1) is 23.5. The average Bonchev–Trinajstić information content (AvgIpc) is 3.39. The van der Waals surface area contributed by atoms with Crippen molar-refractivity contribution in [2.75, 3.05) is 4.90 Å². The van der Waals surface area contributed by atoms with Gasteiger partial charge in [0, 0.05) is 5.69 Å². The fourth-order valence-electron chi connectivity index (χ4n) is 3.87. The number of aryl methyl sites for hydroxylation is 1. The smallest absolute Gasteiger partial charge is 0.268 e. The Balaban J connectivity index is 1.49. The van der Waals surface area contributed by atoms with Crippen molar-refractivity contribution in [1.29, 1.82) is 0 Å². The number of rotatable bonds is 8. The lowest BCUT2D eigenvalue weighted by Crippen LogP contribution is -2.30. The summed E-state index contributed by atoms with van der Waals surface area (Å²) in [5.41, 5.74) is 5.03. The van der Waals surface area contributed by atoms with Crippen molar-refractivity contribution in [2.45, 2.75) is 32.9 Å². The Morgan fingerprint density at radius 3 is 2.26 bits per heavy atom. The fraction of sp³-hybridized carbons (Fsp3) is 0.172. The van der Waals surface area contributed by atoms with Crippen LogP contribution in [0.25, 0.3) is 0 Å². The third-order valence-corrected chi connectivity index (χ3v) is 6.71. The van der Waals surface area contributed by atoms with E-state index in [0.717, 1.165) is 27.9 Å². The summed E-state index contributed by atoms with van der Waals surface area (Å²) < 4.78 is 0. The molecule has 0 bridgehead atoms. The maximum Gasteiger partial charge on any atom is 0.268 e. The van der Waals surface area contributed by atoms with Gasteiger partial charge in [-0.2, -0.15) is 0 Å². The van der Waals surface area contributed by atoms with E-state index in [4.69, 9.17) is 0 Å². The lowest BCUT2D eigenvalue weighted by Gasteiger charge is -2.24. The van der Waals surface area contributed by atoms with Gasteiger partial charge in [-0.3, -0.25) is 9.59 Å². The Morgan fingerprint density at radius 2 is 1.59 bits per heavy atom. The average molecular weight is 469 g/mol. The number of amides is 2. The third kappa shape index (κ3) is 5.80. The van der Waals surface area contributed by atoms with Crippen LogP contribution in [-0.4, -0.2) is 11.8 Å². The zero-order valence-corrected chi connectivity index (χ0v) is 20.2. The van der Waals surface area contributed by atoms with Crippen LogP contribution in [0, 0.1) is 6.92 Å². The van der Waals surface area contributed by atoms with Crippen molar-refractivity contribution in [3.63, 3.8) is 0 Å². The second-order valence-corrected chi connectivity index (χ2v) is 9.29. The zero-order valence-electron chi connectivity index (χ0n) is 19.4. The van der Waals surface area contributed by atoms with E-state index >= 15 is 0 Å². The van der Waals surface area contributed by atoms with E-state index < -0.39 is 0 Å². The predicted octanol–water partition coefficient (Wildman–Crippen LogP) is 6.32. The fourth-order valence-corrected chi connectivity index (χ4v) is 4.54. The molecule has 3 aromatic carbocycles. The summed E-state index contributed by atoms with van der Waals surface area (Å²) in [7, 11) is 0. The van der Waals surface area contributed by atoms with Crippen molar-refractivity contribution in [3.05, 3.63) is 124 Å². The molecular weight excluding hydrogens is 440 g/mol. The van der Waals surface area contributed by atoms with Crippen LogP contribution < -0.4 is 10.2 Å². The van der Waals surface area contributed by atoms with Gasteiger partial charge in [0.05, 0.1) is 23.9 Å². The number of benzene rings is 3. The Bertz CT molecular complexity index is 1230. The number of carbonyl (C=O) groups is 2. The highest BCUT2D eigenvalue weighted by Crippen LogP contribution is 2.24. The molecule has 0 saturated carbocycles. The number of nitrogens with one attached hydrogen (secondary N) is 1. The maximum atomic E-state index is 13.3. The summed E-state index contributed by atoms with van der Waals surface area (Å²) in [5, 5.41) is 4.97. The first-order valence-corrected chi connectivity index (χ1v) is 12.2. The third-order valence-electron chi connectivity index (χ3n) is 5.86. The van der Waals surface area contributed by atoms with Gasteiger partial charge in [-0.05, 0) is 59.7 Å². The molecule has 2 amide bonds. The first-order valence-electron chi connectivity index (χ1n) is 11.3. The van der Waals surface area contributed by atoms with Crippen molar-refractivity contribution >= 4 is 28.8 Å². The molecule has 0 unspecified atom stereocenters. The van der Waals surface area contributed by atoms with Crippen LogP contribution in [0.1, 0.15) is 44.9 Å². The van der Waals surface area contributed by atoms with Gasteiger partial charge < -0.3 is 10.2 Å². The van der Waals surface area contributed by atoms with Crippen LogP contribution in [0.2, 0.25) is 0 Å². The highest BCUT2D eigenvalue weighted by atomic mass is 32.1. The van der Waals surface area contributed by atoms with Crippen LogP contribution in [0.4, 0.5) is 5.69 Å². The van der Waals surface area contributed by atoms with Gasteiger partial charge in [0.1, 0.15) is 0 Å². The molecule has 4 aromatic rings. The number of thiophene rings is 1. The van der Waals surface area contributed by atoms with E-state index in [2.05, 4.69) is 24.4 Å². The van der Waals surface area contributed by atoms with E-state index in [1.165, 1.54) is 11.3 Å². The normalized spacial score (nSPS) is 11.6. The summed E-state index contributed by atoms with van der Waals surface area (Å²) in [6.07, 6.45) is 0.286. The largest absolute Gasteiger partial charge is 0.349 e. The molecule has 4 rings (SSSR count). The molecule has 0 aliphatic carbocycles. The summed E-state index contributed by atoms with van der Waals surface area (Å²) in [4.78, 5) is 28.4. The standard InChI is InChI=1S/C29H28N2O2S/c1-21-9-6-7-12-25(21)20-31(29(33)27-13-8-18-34-27)26-16-14-23(15-17-26)19-28(32)30-22(2)24-10-4-3-5-11-24/h3-18,22H,19-20H2,1-2H3,(H,30,32)/t22-/m1/s1. The van der Waals surface area contributed by atoms with Crippen LogP contribution in [0.3, 0.4) is 0 Å². The molecule has 0 spiro atoms. The van der Waals surface area contributed by atoms with Crippen molar-refractivity contribution in [2.24, 2.45) is 0 Å². The van der Waals surface area contributed by atoms with Gasteiger partial charge in [0.2, 0.25) is 5.91 Å². The van der Waals surface area contributed by atoms with Crippen molar-refractivity contribution in [3.8, 4) is 0 Å². The maximum absolute atomic E-state index is 13.3. The summed E-state index contributed by atoms with van der Waals surface area (Å²) in [6.45, 7) is 4.52. The van der Waals surface area contributed by atoms with Gasteiger partial charge in [-0.1, -0.05) is 72.8 Å². The van der Waals surface area contributed by atoms with Crippen LogP contribution >= 0.6 is 11.3 Å². The molecule has 0 aliphatic heterocycles. The quantitative estimate of drug-likeness (QED) is 0.329. The van der Waals surface area contributed by atoms with Gasteiger partial charge in [-0.15, -0.1) is 11.3 Å². The van der Waals surface area contributed by atoms with Gasteiger partial charge in [0.15, 0.2) is 0 Å². The predicted molar refractivity (Wildman–Crippen MR) is 139 cm³/mol. The summed E-state index contributed by atoms with van der Waals surface area (Å²) in [5.74, 6) is -0.0593. The highest BCUT2D eigenvalue weighted by molar-refractivity contribution is 7.12. The molecule has 172 valence electrons. The second kappa shape index (κ2) is 10.9. The van der Waals surface area contributed by atoms with E-state index in [0.29, 0.717) is 11.4 Å². The molecule has 0 saturated heterocycles. The van der Waals surface area contributed by atoms with E-state index in [-0.39, 0.29) is 24.3 Å². The molecule has 1 atom stereocenters. The minimum Gasteiger partial charge on any atom is -0.349 e. The van der Waals surface area contributed by atoms with Crippen molar-refractivity contribution in [1.82, 2.24) is 5.32 Å². The van der Waals surface area contributed by atoms with Crippen LogP contribution in [0.15, 0.2) is 96.4 Å². The Labute approximate surface area is 204 Å². The molecule has 0 fully saturated rings. The molecule has 1 N–H and O–H groups in total. The number of hydrogen-bond acceptors (Lipinski definition) is 3.